The lowest BCUT2D eigenvalue weighted by molar-refractivity contribution is 0.0587. The van der Waals surface area contributed by atoms with E-state index in [4.69, 9.17) is 40.1 Å². The third-order valence-corrected chi connectivity index (χ3v) is 20.5. The Bertz CT molecular complexity index is 1880. The highest BCUT2D eigenvalue weighted by Gasteiger charge is 2.38. The van der Waals surface area contributed by atoms with E-state index in [1.807, 2.05) is 55.5 Å². The summed E-state index contributed by atoms with van der Waals surface area (Å²) in [6.45, 7) is 28.8. The molecule has 0 unspecified atom stereocenters. The molecule has 0 spiro atoms. The zero-order valence-corrected chi connectivity index (χ0v) is 36.4. The number of carbonyl (C=O) groups is 1. The summed E-state index contributed by atoms with van der Waals surface area (Å²) in [5.74, 6) is -0.382. The van der Waals surface area contributed by atoms with Gasteiger partial charge in [-0.15, -0.1) is 0 Å². The molecule has 0 aliphatic rings. The second-order valence-electron chi connectivity index (χ2n) is 16.7. The fourth-order valence-electron chi connectivity index (χ4n) is 5.82. The summed E-state index contributed by atoms with van der Waals surface area (Å²) in [5, 5.41) is 11.3. The Morgan fingerprint density at radius 1 is 0.863 bits per heavy atom. The monoisotopic (exact) mass is 757 g/mol. The van der Waals surface area contributed by atoms with Crippen LogP contribution in [0.4, 0.5) is 0 Å². The van der Waals surface area contributed by atoms with Crippen molar-refractivity contribution < 1.29 is 23.1 Å². The predicted octanol–water partition coefficient (Wildman–Crippen LogP) is 9.48. The summed E-state index contributed by atoms with van der Waals surface area (Å²) < 4.78 is 30.3. The van der Waals surface area contributed by atoms with Crippen LogP contribution in [-0.2, 0) is 58.8 Å². The molecule has 51 heavy (non-hydrogen) atoms. The number of aromatic nitrogens is 5. The fraction of sp³-hybridized carbons (Fsp3) is 0.605. The van der Waals surface area contributed by atoms with Gasteiger partial charge in [0.05, 0.1) is 44.0 Å². The minimum atomic E-state index is -1.91. The number of methoxy groups -OCH3 is 1. The first kappa shape index (κ1) is 41.0. The van der Waals surface area contributed by atoms with Crippen molar-refractivity contribution >= 4 is 45.1 Å². The Morgan fingerprint density at radius 3 is 2.10 bits per heavy atom. The number of carbonyl (C=O) groups excluding carboxylic acids is 1. The predicted molar refractivity (Wildman–Crippen MR) is 211 cm³/mol. The molecule has 0 aliphatic heterocycles. The minimum absolute atomic E-state index is 0.121. The summed E-state index contributed by atoms with van der Waals surface area (Å²) >= 11 is 7.06. The number of rotatable bonds is 14. The number of benzene rings is 1. The summed E-state index contributed by atoms with van der Waals surface area (Å²) in [6.07, 6.45) is 0.750. The van der Waals surface area contributed by atoms with Crippen molar-refractivity contribution in [3.05, 3.63) is 57.3 Å². The van der Waals surface area contributed by atoms with Gasteiger partial charge in [0.2, 0.25) is 0 Å². The van der Waals surface area contributed by atoms with Gasteiger partial charge in [0, 0.05) is 60.0 Å². The molecule has 0 aliphatic carbocycles. The van der Waals surface area contributed by atoms with Crippen molar-refractivity contribution in [3.63, 3.8) is 0 Å². The smallest absolute Gasteiger partial charge is 0.354 e. The highest BCUT2D eigenvalue weighted by atomic mass is 35.5. The molecule has 13 heteroatoms. The van der Waals surface area contributed by atoms with E-state index in [1.54, 1.807) is 0 Å². The van der Waals surface area contributed by atoms with E-state index in [2.05, 4.69) is 72.3 Å². The van der Waals surface area contributed by atoms with E-state index < -0.39 is 16.6 Å². The lowest BCUT2D eigenvalue weighted by Gasteiger charge is -2.36. The van der Waals surface area contributed by atoms with Crippen LogP contribution >= 0.6 is 11.6 Å². The molecular weight excluding hydrogens is 698 g/mol. The Morgan fingerprint density at radius 2 is 1.49 bits per heavy atom. The molecule has 0 radical (unpaired) electrons. The Hall–Kier alpha value is -2.75. The van der Waals surface area contributed by atoms with Gasteiger partial charge in [-0.05, 0) is 80.3 Å². The van der Waals surface area contributed by atoms with Gasteiger partial charge in [-0.3, -0.25) is 9.36 Å². The first-order valence-electron chi connectivity index (χ1n) is 17.8. The van der Waals surface area contributed by atoms with Crippen molar-refractivity contribution in [2.24, 2.45) is 14.1 Å². The van der Waals surface area contributed by atoms with Crippen molar-refractivity contribution in [1.82, 2.24) is 24.1 Å². The lowest BCUT2D eigenvalue weighted by atomic mass is 9.97. The molecule has 4 aromatic rings. The molecule has 10 nitrogen and oxygen atoms in total. The summed E-state index contributed by atoms with van der Waals surface area (Å²) in [4.78, 5) is 13.3. The van der Waals surface area contributed by atoms with Gasteiger partial charge in [-0.1, -0.05) is 53.1 Å². The van der Waals surface area contributed by atoms with Crippen LogP contribution in [0.2, 0.25) is 41.3 Å². The molecule has 0 N–H and O–H groups in total. The molecule has 0 saturated carbocycles. The van der Waals surface area contributed by atoms with E-state index in [0.29, 0.717) is 37.1 Å². The maximum Gasteiger partial charge on any atom is 0.354 e. The van der Waals surface area contributed by atoms with E-state index in [9.17, 15) is 4.79 Å². The largest absolute Gasteiger partial charge is 0.464 e. The molecule has 282 valence electrons. The zero-order valence-electron chi connectivity index (χ0n) is 33.6. The topological polar surface area (TPSA) is 94.6 Å². The number of aryl methyl sites for hydroxylation is 4. The van der Waals surface area contributed by atoms with Gasteiger partial charge < -0.3 is 22.9 Å². The minimum Gasteiger partial charge on any atom is -0.464 e. The third kappa shape index (κ3) is 8.57. The number of esters is 1. The van der Waals surface area contributed by atoms with Gasteiger partial charge in [-0.25, -0.2) is 4.79 Å². The number of halogens is 1. The number of ether oxygens (including phenoxy) is 2. The standard InChI is InChI=1S/C38H60ClN5O5Si2/c1-25-32-31(44(35(25)36(45)46-11)19-16-20-48-50(12,13)37(3,4)5)18-17-29(39)34(32)33-26(2)42(9)41-30(33)24-47-22-27-21-28(43(10)40-27)23-49-51(14,15)38(6,7)8/h17-18,21H,16,19-20,22-24H2,1-15H3. The van der Waals surface area contributed by atoms with Crippen molar-refractivity contribution in [2.45, 2.75) is 124 Å². The molecule has 0 saturated heterocycles. The summed E-state index contributed by atoms with van der Waals surface area (Å²) in [6, 6.07) is 5.94. The van der Waals surface area contributed by atoms with Crippen LogP contribution in [0.5, 0.6) is 0 Å². The Balaban J connectivity index is 1.63. The van der Waals surface area contributed by atoms with E-state index >= 15 is 0 Å². The maximum absolute atomic E-state index is 13.3. The average molecular weight is 759 g/mol. The number of fused-ring (bicyclic) bond motifs is 1. The molecule has 4 rings (SSSR count). The molecule has 3 heterocycles. The average Bonchev–Trinajstić information content (AvgIpc) is 3.62. The lowest BCUT2D eigenvalue weighted by Crippen LogP contribution is -2.41. The molecule has 0 fully saturated rings. The van der Waals surface area contributed by atoms with Crippen LogP contribution in [0.15, 0.2) is 18.2 Å². The third-order valence-electron chi connectivity index (χ3n) is 11.2. The van der Waals surface area contributed by atoms with Gasteiger partial charge >= 0.3 is 5.97 Å². The van der Waals surface area contributed by atoms with Crippen molar-refractivity contribution in [2.75, 3.05) is 13.7 Å². The van der Waals surface area contributed by atoms with Crippen molar-refractivity contribution in [3.8, 4) is 11.1 Å². The van der Waals surface area contributed by atoms with E-state index in [1.165, 1.54) is 7.11 Å². The normalized spacial score (nSPS) is 13.1. The SMILES string of the molecule is COC(=O)c1c(C)c2c(-c3c(COCc4cc(CO[Si](C)(C)C(C)(C)C)n(C)n4)nn(C)c3C)c(Cl)ccc2n1CCCO[Si](C)(C)C(C)(C)C. The summed E-state index contributed by atoms with van der Waals surface area (Å²) in [7, 11) is 1.48. The quantitative estimate of drug-likeness (QED) is 0.0719. The Labute approximate surface area is 312 Å². The number of nitrogens with zero attached hydrogens (tertiary/aromatic N) is 5. The van der Waals surface area contributed by atoms with E-state index in [0.717, 1.165) is 56.8 Å². The second-order valence-corrected chi connectivity index (χ2v) is 26.7. The highest BCUT2D eigenvalue weighted by molar-refractivity contribution is 6.74. The molecule has 0 bridgehead atoms. The second kappa shape index (κ2) is 15.3. The van der Waals surface area contributed by atoms with Gasteiger partial charge in [0.1, 0.15) is 5.69 Å². The summed E-state index contributed by atoms with van der Waals surface area (Å²) in [5.41, 5.74) is 7.53. The van der Waals surface area contributed by atoms with Crippen LogP contribution in [0.1, 0.15) is 86.8 Å². The van der Waals surface area contributed by atoms with Crippen LogP contribution < -0.4 is 0 Å². The first-order chi connectivity index (χ1) is 23.5. The Kier molecular flexibility index (Phi) is 12.3. The van der Waals surface area contributed by atoms with E-state index in [-0.39, 0.29) is 22.7 Å². The fourth-order valence-corrected chi connectivity index (χ4v) is 8.10. The molecule has 0 amide bonds. The number of hydrogen-bond donors (Lipinski definition) is 0. The highest BCUT2D eigenvalue weighted by Crippen LogP contribution is 2.43. The molecular formula is C38H60ClN5O5Si2. The van der Waals surface area contributed by atoms with Crippen molar-refractivity contribution in [1.29, 1.82) is 0 Å². The molecule has 0 atom stereocenters. The van der Waals surface area contributed by atoms with Gasteiger partial charge in [-0.2, -0.15) is 10.2 Å². The van der Waals surface area contributed by atoms with Crippen LogP contribution in [0.25, 0.3) is 22.0 Å². The maximum atomic E-state index is 13.3. The van der Waals surface area contributed by atoms with Gasteiger partial charge in [0.15, 0.2) is 16.6 Å². The number of hydrogen-bond acceptors (Lipinski definition) is 7. The van der Waals surface area contributed by atoms with Gasteiger partial charge in [0.25, 0.3) is 0 Å². The molecule has 3 aromatic heterocycles. The first-order valence-corrected chi connectivity index (χ1v) is 24.0. The van der Waals surface area contributed by atoms with Crippen LogP contribution in [-0.4, -0.2) is 60.4 Å². The van der Waals surface area contributed by atoms with Crippen LogP contribution in [0.3, 0.4) is 0 Å². The molecule has 1 aromatic carbocycles. The zero-order chi connectivity index (χ0) is 38.3. The van der Waals surface area contributed by atoms with Crippen LogP contribution in [0, 0.1) is 13.8 Å².